The summed E-state index contributed by atoms with van der Waals surface area (Å²) in [5.74, 6) is -2.05. The largest absolute Gasteiger partial charge is 0.477 e. The molecule has 2 unspecified atom stereocenters. The molecule has 0 fully saturated rings. The first-order chi connectivity index (χ1) is 39.6. The molecule has 0 aliphatic heterocycles. The Hall–Kier alpha value is -4.83. The van der Waals surface area contributed by atoms with Gasteiger partial charge in [0.2, 0.25) is 0 Å². The summed E-state index contributed by atoms with van der Waals surface area (Å²) in [5.41, 5.74) is 0. The number of esters is 2. The van der Waals surface area contributed by atoms with Crippen LogP contribution in [0.4, 0.5) is 0 Å². The number of likely N-dealkylation sites (N-methyl/N-ethyl adjacent to an activating group) is 1. The zero-order valence-electron chi connectivity index (χ0n) is 52.1. The minimum atomic E-state index is -1.53. The average molecular weight is 1130 g/mol. The highest BCUT2D eigenvalue weighted by atomic mass is 16.7. The van der Waals surface area contributed by atoms with Crippen molar-refractivity contribution in [2.45, 2.75) is 245 Å². The third-order valence-electron chi connectivity index (χ3n) is 13.1. The van der Waals surface area contributed by atoms with Gasteiger partial charge < -0.3 is 28.5 Å². The molecule has 0 saturated heterocycles. The lowest BCUT2D eigenvalue weighted by molar-refractivity contribution is -0.870. The molecule has 0 aliphatic rings. The van der Waals surface area contributed by atoms with Gasteiger partial charge in [-0.1, -0.05) is 243 Å². The van der Waals surface area contributed by atoms with Crippen LogP contribution in [-0.2, 0) is 33.3 Å². The molecule has 0 spiro atoms. The van der Waals surface area contributed by atoms with Gasteiger partial charge in [0.1, 0.15) is 13.2 Å². The maximum absolute atomic E-state index is 12.9. The number of hydrogen-bond acceptors (Lipinski definition) is 7. The number of aliphatic carboxylic acids is 1. The summed E-state index contributed by atoms with van der Waals surface area (Å²) in [4.78, 5) is 37.5. The van der Waals surface area contributed by atoms with Crippen LogP contribution < -0.4 is 0 Å². The monoisotopic (exact) mass is 1120 g/mol. The molecular formula is C72H118NO8+. The second-order valence-corrected chi connectivity index (χ2v) is 22.0. The first kappa shape index (κ1) is 76.2. The first-order valence-electron chi connectivity index (χ1n) is 32.0. The van der Waals surface area contributed by atoms with Crippen molar-refractivity contribution in [2.24, 2.45) is 0 Å². The molecule has 0 aromatic rings. The Labute approximate surface area is 496 Å². The van der Waals surface area contributed by atoms with Gasteiger partial charge >= 0.3 is 17.9 Å². The van der Waals surface area contributed by atoms with Crippen LogP contribution in [0.3, 0.4) is 0 Å². The highest BCUT2D eigenvalue weighted by Gasteiger charge is 2.25. The van der Waals surface area contributed by atoms with Crippen molar-refractivity contribution in [2.75, 3.05) is 47.5 Å². The van der Waals surface area contributed by atoms with Gasteiger partial charge in [0.15, 0.2) is 6.10 Å². The Balaban J connectivity index is 4.28. The first-order valence-corrected chi connectivity index (χ1v) is 32.0. The van der Waals surface area contributed by atoms with Gasteiger partial charge in [-0.05, 0) is 122 Å². The van der Waals surface area contributed by atoms with Crippen LogP contribution in [0.15, 0.2) is 146 Å². The normalized spacial score (nSPS) is 13.7. The Morgan fingerprint density at radius 3 is 1.05 bits per heavy atom. The summed E-state index contributed by atoms with van der Waals surface area (Å²) < 4.78 is 22.9. The molecule has 0 aromatic heterocycles. The third-order valence-corrected chi connectivity index (χ3v) is 13.1. The van der Waals surface area contributed by atoms with E-state index in [-0.39, 0.29) is 38.6 Å². The van der Waals surface area contributed by atoms with Gasteiger partial charge in [-0.2, -0.15) is 0 Å². The zero-order chi connectivity index (χ0) is 59.1. The molecule has 0 aliphatic carbocycles. The number of nitrogens with zero attached hydrogens (tertiary/aromatic N) is 1. The second-order valence-electron chi connectivity index (χ2n) is 22.0. The Morgan fingerprint density at radius 2 is 0.704 bits per heavy atom. The van der Waals surface area contributed by atoms with Crippen LogP contribution in [0.25, 0.3) is 0 Å². The number of unbranched alkanes of at least 4 members (excludes halogenated alkanes) is 18. The number of carbonyl (C=O) groups is 3. The van der Waals surface area contributed by atoms with Gasteiger partial charge in [0.05, 0.1) is 34.4 Å². The number of hydrogen-bond donors (Lipinski definition) is 1. The number of rotatable bonds is 57. The molecule has 9 heteroatoms. The standard InChI is InChI=1S/C72H117NO8/c1-6-8-10-12-14-16-18-20-22-24-26-28-29-30-31-32-33-34-35-36-37-38-39-40-41-43-45-47-49-51-53-55-57-59-61-63-70(75)81-68(67-80-72(71(76)77)78-65-64-73(3,4)5)66-79-69(74)62-60-58-56-54-52-50-48-46-44-42-27-25-23-21-19-17-15-13-11-9-7-2/h8,10,14,16,19-22,25-28,30-31,33-34,36-37,39-40,43-46,68,72H,6-7,9,11-13,15,17-18,23-24,29,32,35,38,41-42,47-67H2,1-5H3/p+1/b10-8-,16-14-,21-19-,22-20-,27-25-,28-26-,31-30-,34-33-,37-36-,40-39-,45-43-,46-44-. The topological polar surface area (TPSA) is 108 Å². The van der Waals surface area contributed by atoms with Crippen LogP contribution in [0.5, 0.6) is 0 Å². The number of carboxylic acid groups (broad SMARTS) is 1. The number of ether oxygens (including phenoxy) is 4. The molecule has 0 saturated carbocycles. The fourth-order valence-electron chi connectivity index (χ4n) is 8.19. The minimum absolute atomic E-state index is 0.175. The predicted molar refractivity (Wildman–Crippen MR) is 345 cm³/mol. The zero-order valence-corrected chi connectivity index (χ0v) is 52.1. The van der Waals surface area contributed by atoms with E-state index in [9.17, 15) is 19.5 Å². The van der Waals surface area contributed by atoms with Gasteiger partial charge in [0.25, 0.3) is 6.29 Å². The molecular weight excluding hydrogens is 1010 g/mol. The number of carboxylic acids is 1. The van der Waals surface area contributed by atoms with Crippen LogP contribution in [0.1, 0.15) is 232 Å². The van der Waals surface area contributed by atoms with Crippen LogP contribution >= 0.6 is 0 Å². The van der Waals surface area contributed by atoms with Crippen molar-refractivity contribution in [3.05, 3.63) is 146 Å². The quantitative estimate of drug-likeness (QED) is 0.0211. The lowest BCUT2D eigenvalue weighted by atomic mass is 10.1. The van der Waals surface area contributed by atoms with E-state index in [0.717, 1.165) is 128 Å². The summed E-state index contributed by atoms with van der Waals surface area (Å²) in [6, 6.07) is 0. The average Bonchev–Trinajstić information content (AvgIpc) is 3.44. The lowest BCUT2D eigenvalue weighted by Gasteiger charge is -2.25. The van der Waals surface area contributed by atoms with E-state index in [1.54, 1.807) is 0 Å². The highest BCUT2D eigenvalue weighted by molar-refractivity contribution is 5.71. The van der Waals surface area contributed by atoms with Gasteiger partial charge in [-0.25, -0.2) is 4.79 Å². The highest BCUT2D eigenvalue weighted by Crippen LogP contribution is 2.14. The molecule has 458 valence electrons. The fourth-order valence-corrected chi connectivity index (χ4v) is 8.19. The van der Waals surface area contributed by atoms with Crippen LogP contribution in [0.2, 0.25) is 0 Å². The molecule has 0 rings (SSSR count). The fraction of sp³-hybridized carbons (Fsp3) is 0.625. The maximum atomic E-state index is 12.9. The summed E-state index contributed by atoms with van der Waals surface area (Å²) in [6.07, 6.45) is 86.4. The molecule has 0 heterocycles. The molecule has 1 N–H and O–H groups in total. The molecule has 2 atom stereocenters. The number of quaternary nitrogens is 1. The van der Waals surface area contributed by atoms with Gasteiger partial charge in [-0.15, -0.1) is 0 Å². The number of carbonyl (C=O) groups excluding carboxylic acids is 2. The Kier molecular flexibility index (Phi) is 57.6. The Morgan fingerprint density at radius 1 is 0.383 bits per heavy atom. The van der Waals surface area contributed by atoms with Crippen molar-refractivity contribution in [1.29, 1.82) is 0 Å². The van der Waals surface area contributed by atoms with E-state index < -0.39 is 24.3 Å². The van der Waals surface area contributed by atoms with Crippen LogP contribution in [0, 0.1) is 0 Å². The van der Waals surface area contributed by atoms with Gasteiger partial charge in [0, 0.05) is 12.8 Å². The molecule has 81 heavy (non-hydrogen) atoms. The van der Waals surface area contributed by atoms with Crippen molar-refractivity contribution in [3.8, 4) is 0 Å². The minimum Gasteiger partial charge on any atom is -0.477 e. The smallest absolute Gasteiger partial charge is 0.361 e. The van der Waals surface area contributed by atoms with Crippen molar-refractivity contribution >= 4 is 17.9 Å². The van der Waals surface area contributed by atoms with Gasteiger partial charge in [-0.3, -0.25) is 9.59 Å². The third kappa shape index (κ3) is 62.6. The van der Waals surface area contributed by atoms with E-state index in [0.29, 0.717) is 17.4 Å². The molecule has 0 bridgehead atoms. The van der Waals surface area contributed by atoms with Crippen LogP contribution in [-0.4, -0.2) is 87.4 Å². The summed E-state index contributed by atoms with van der Waals surface area (Å²) >= 11 is 0. The predicted octanol–water partition coefficient (Wildman–Crippen LogP) is 19.6. The number of allylic oxidation sites excluding steroid dienone is 24. The molecule has 0 amide bonds. The molecule has 0 aromatic carbocycles. The molecule has 0 radical (unpaired) electrons. The summed E-state index contributed by atoms with van der Waals surface area (Å²) in [7, 11) is 5.95. The van der Waals surface area contributed by atoms with E-state index in [1.807, 2.05) is 21.1 Å². The Bertz CT molecular complexity index is 1840. The summed E-state index contributed by atoms with van der Waals surface area (Å²) in [5, 5.41) is 9.72. The maximum Gasteiger partial charge on any atom is 0.361 e. The van der Waals surface area contributed by atoms with Crippen molar-refractivity contribution in [1.82, 2.24) is 0 Å². The van der Waals surface area contributed by atoms with Crippen molar-refractivity contribution < 1.29 is 42.9 Å². The van der Waals surface area contributed by atoms with E-state index in [1.165, 1.54) is 70.6 Å². The second kappa shape index (κ2) is 61.2. The lowest BCUT2D eigenvalue weighted by Crippen LogP contribution is -2.40. The van der Waals surface area contributed by atoms with E-state index in [2.05, 4.69) is 160 Å². The van der Waals surface area contributed by atoms with E-state index >= 15 is 0 Å². The van der Waals surface area contributed by atoms with E-state index in [4.69, 9.17) is 18.9 Å². The van der Waals surface area contributed by atoms with Crippen molar-refractivity contribution in [3.63, 3.8) is 0 Å². The summed E-state index contributed by atoms with van der Waals surface area (Å²) in [6.45, 7) is 4.71. The SMILES string of the molecule is CC/C=C\C/C=C\C/C=C\C/C=C\C/C=C\C/C=C\C/C=C\C/C=C\C/C=C\CCCCCCCCCC(=O)OC(COC(=O)CCCCCCCC/C=C\C/C=C\C/C=C\CCCCCCC)COC(OCC[N+](C)(C)C)C(=O)O. The molecule has 9 nitrogen and oxygen atoms in total.